The molecule has 4 rings (SSSR count). The number of carbonyl (C=O) groups is 1. The van der Waals surface area contributed by atoms with Crippen LogP contribution in [-0.2, 0) is 9.53 Å². The van der Waals surface area contributed by atoms with Gasteiger partial charge in [-0.15, -0.1) is 0 Å². The first kappa shape index (κ1) is 22.6. The van der Waals surface area contributed by atoms with Gasteiger partial charge in [-0.1, -0.05) is 29.3 Å². The summed E-state index contributed by atoms with van der Waals surface area (Å²) in [5.41, 5.74) is 1.67. The molecule has 1 aromatic carbocycles. The van der Waals surface area contributed by atoms with Gasteiger partial charge in [0.25, 0.3) is 0 Å². The van der Waals surface area contributed by atoms with Crippen LogP contribution >= 0.6 is 35.4 Å². The number of ether oxygens (including phenoxy) is 1. The summed E-state index contributed by atoms with van der Waals surface area (Å²) in [5.74, 6) is 1.15. The van der Waals surface area contributed by atoms with Gasteiger partial charge in [0.2, 0.25) is 0 Å². The van der Waals surface area contributed by atoms with Gasteiger partial charge in [-0.05, 0) is 61.1 Å². The van der Waals surface area contributed by atoms with E-state index in [2.05, 4.69) is 10.3 Å². The molecule has 32 heavy (non-hydrogen) atoms. The average molecular weight is 490 g/mol. The first-order chi connectivity index (χ1) is 15.5. The molecule has 2 aromatic heterocycles. The lowest BCUT2D eigenvalue weighted by Gasteiger charge is -2.25. The third-order valence-electron chi connectivity index (χ3n) is 5.33. The number of aromatic nitrogens is 1. The molecule has 1 saturated heterocycles. The molecule has 0 radical (unpaired) electrons. The van der Waals surface area contributed by atoms with E-state index in [0.717, 1.165) is 17.0 Å². The van der Waals surface area contributed by atoms with Crippen LogP contribution in [0.15, 0.2) is 59.1 Å². The van der Waals surface area contributed by atoms with Crippen LogP contribution in [0, 0.1) is 0 Å². The minimum Gasteiger partial charge on any atom is -0.469 e. The van der Waals surface area contributed by atoms with E-state index in [-0.39, 0.29) is 18.1 Å². The van der Waals surface area contributed by atoms with E-state index in [1.807, 2.05) is 41.3 Å². The Morgan fingerprint density at radius 1 is 1.22 bits per heavy atom. The highest BCUT2D eigenvalue weighted by Gasteiger charge is 2.41. The van der Waals surface area contributed by atoms with E-state index in [1.54, 1.807) is 18.3 Å². The predicted octanol–water partition coefficient (Wildman–Crippen LogP) is 5.57. The van der Waals surface area contributed by atoms with Crippen LogP contribution < -0.4 is 5.32 Å². The van der Waals surface area contributed by atoms with E-state index in [9.17, 15) is 4.79 Å². The standard InChI is InChI=1S/C23H21Cl2N3O3S/c1-30-20(29)6-4-12-28-22(21(27-23(28)32)17-5-2-3-11-26-17)19-10-9-18(31-19)14-7-8-15(24)16(25)13-14/h2-3,5,7-11,13,21-22H,4,6,12H2,1H3,(H,27,32). The van der Waals surface area contributed by atoms with Gasteiger partial charge >= 0.3 is 5.97 Å². The van der Waals surface area contributed by atoms with Crippen LogP contribution in [0.3, 0.4) is 0 Å². The molecule has 0 bridgehead atoms. The molecule has 2 unspecified atom stereocenters. The zero-order valence-electron chi connectivity index (χ0n) is 17.3. The lowest BCUT2D eigenvalue weighted by molar-refractivity contribution is -0.140. The van der Waals surface area contributed by atoms with Gasteiger partial charge in [-0.3, -0.25) is 9.78 Å². The van der Waals surface area contributed by atoms with Crippen LogP contribution in [0.5, 0.6) is 0 Å². The number of benzene rings is 1. The molecule has 0 amide bonds. The van der Waals surface area contributed by atoms with Gasteiger partial charge in [0.15, 0.2) is 5.11 Å². The van der Waals surface area contributed by atoms with Gasteiger partial charge < -0.3 is 19.4 Å². The van der Waals surface area contributed by atoms with Crippen molar-refractivity contribution in [2.45, 2.75) is 24.9 Å². The Hall–Kier alpha value is -2.61. The fourth-order valence-corrected chi connectivity index (χ4v) is 4.40. The quantitative estimate of drug-likeness (QED) is 0.343. The Labute approximate surface area is 201 Å². The Bertz CT molecular complexity index is 1120. The molecular formula is C23H21Cl2N3O3S. The number of thiocarbonyl (C=S) groups is 1. The zero-order chi connectivity index (χ0) is 22.7. The lowest BCUT2D eigenvalue weighted by atomic mass is 10.0. The molecule has 1 aliphatic heterocycles. The van der Waals surface area contributed by atoms with Crippen molar-refractivity contribution in [3.63, 3.8) is 0 Å². The number of hydrogen-bond donors (Lipinski definition) is 1. The van der Waals surface area contributed by atoms with Crippen LogP contribution in [0.1, 0.15) is 36.4 Å². The summed E-state index contributed by atoms with van der Waals surface area (Å²) in [7, 11) is 1.39. The molecule has 2 atom stereocenters. The smallest absolute Gasteiger partial charge is 0.305 e. The second kappa shape index (κ2) is 9.90. The molecule has 1 aliphatic rings. The second-order valence-corrected chi connectivity index (χ2v) is 8.53. The maximum Gasteiger partial charge on any atom is 0.305 e. The number of furan rings is 1. The van der Waals surface area contributed by atoms with Crippen molar-refractivity contribution in [1.82, 2.24) is 15.2 Å². The van der Waals surface area contributed by atoms with Gasteiger partial charge in [-0.2, -0.15) is 0 Å². The molecule has 1 N–H and O–H groups in total. The van der Waals surface area contributed by atoms with Crippen molar-refractivity contribution in [2.24, 2.45) is 0 Å². The lowest BCUT2D eigenvalue weighted by Crippen LogP contribution is -2.30. The number of rotatable bonds is 7. The Morgan fingerprint density at radius 3 is 2.78 bits per heavy atom. The monoisotopic (exact) mass is 489 g/mol. The van der Waals surface area contributed by atoms with E-state index < -0.39 is 0 Å². The normalized spacial score (nSPS) is 18.0. The topological polar surface area (TPSA) is 67.6 Å². The maximum absolute atomic E-state index is 11.6. The summed E-state index contributed by atoms with van der Waals surface area (Å²) in [6, 6.07) is 14.5. The number of pyridine rings is 1. The van der Waals surface area contributed by atoms with E-state index >= 15 is 0 Å². The third kappa shape index (κ3) is 4.75. The van der Waals surface area contributed by atoms with Gasteiger partial charge in [-0.25, -0.2) is 0 Å². The average Bonchev–Trinajstić information content (AvgIpc) is 3.41. The van der Waals surface area contributed by atoms with Crippen LogP contribution in [0.2, 0.25) is 10.0 Å². The second-order valence-electron chi connectivity index (χ2n) is 7.33. The SMILES string of the molecule is COC(=O)CCCN1C(=S)NC(c2ccccn2)C1c1ccc(-c2ccc(Cl)c(Cl)c2)o1. The summed E-state index contributed by atoms with van der Waals surface area (Å²) in [5, 5.41) is 4.90. The van der Waals surface area contributed by atoms with E-state index in [0.29, 0.717) is 40.3 Å². The van der Waals surface area contributed by atoms with Gasteiger partial charge in [0, 0.05) is 24.7 Å². The molecule has 166 valence electrons. The van der Waals surface area contributed by atoms with Crippen molar-refractivity contribution >= 4 is 46.5 Å². The number of esters is 1. The molecule has 3 aromatic rings. The fourth-order valence-electron chi connectivity index (χ4n) is 3.77. The highest BCUT2D eigenvalue weighted by atomic mass is 35.5. The molecule has 0 saturated carbocycles. The molecular weight excluding hydrogens is 469 g/mol. The van der Waals surface area contributed by atoms with Crippen molar-refractivity contribution in [3.05, 3.63) is 76.2 Å². The first-order valence-electron chi connectivity index (χ1n) is 10.1. The summed E-state index contributed by atoms with van der Waals surface area (Å²) >= 11 is 17.9. The molecule has 3 heterocycles. The molecule has 0 spiro atoms. The van der Waals surface area contributed by atoms with Crippen molar-refractivity contribution in [3.8, 4) is 11.3 Å². The highest BCUT2D eigenvalue weighted by Crippen LogP contribution is 2.41. The molecule has 6 nitrogen and oxygen atoms in total. The maximum atomic E-state index is 11.6. The summed E-state index contributed by atoms with van der Waals surface area (Å²) < 4.78 is 11.0. The Morgan fingerprint density at radius 2 is 2.06 bits per heavy atom. The summed E-state index contributed by atoms with van der Waals surface area (Å²) in [6.45, 7) is 0.567. The summed E-state index contributed by atoms with van der Waals surface area (Å²) in [6.07, 6.45) is 2.66. The van der Waals surface area contributed by atoms with Crippen LogP contribution in [0.25, 0.3) is 11.3 Å². The number of halogens is 2. The van der Waals surface area contributed by atoms with Crippen molar-refractivity contribution in [2.75, 3.05) is 13.7 Å². The van der Waals surface area contributed by atoms with Crippen molar-refractivity contribution < 1.29 is 13.9 Å². The van der Waals surface area contributed by atoms with Crippen LogP contribution in [-0.4, -0.2) is 34.6 Å². The van der Waals surface area contributed by atoms with Crippen LogP contribution in [0.4, 0.5) is 0 Å². The van der Waals surface area contributed by atoms with Crippen molar-refractivity contribution in [1.29, 1.82) is 0 Å². The zero-order valence-corrected chi connectivity index (χ0v) is 19.6. The summed E-state index contributed by atoms with van der Waals surface area (Å²) in [4.78, 5) is 18.1. The fraction of sp³-hybridized carbons (Fsp3) is 0.261. The molecule has 0 aliphatic carbocycles. The van der Waals surface area contributed by atoms with E-state index in [1.165, 1.54) is 7.11 Å². The van der Waals surface area contributed by atoms with Gasteiger partial charge in [0.05, 0.1) is 28.9 Å². The predicted molar refractivity (Wildman–Crippen MR) is 128 cm³/mol. The number of nitrogens with one attached hydrogen (secondary N) is 1. The Balaban J connectivity index is 1.65. The number of carbonyl (C=O) groups excluding carboxylic acids is 1. The third-order valence-corrected chi connectivity index (χ3v) is 6.42. The first-order valence-corrected chi connectivity index (χ1v) is 11.2. The number of hydrogen-bond acceptors (Lipinski definition) is 5. The highest BCUT2D eigenvalue weighted by molar-refractivity contribution is 7.80. The largest absolute Gasteiger partial charge is 0.469 e. The minimum absolute atomic E-state index is 0.199. The number of methoxy groups -OCH3 is 1. The van der Waals surface area contributed by atoms with Gasteiger partial charge in [0.1, 0.15) is 17.6 Å². The molecule has 1 fully saturated rings. The minimum atomic E-state index is -0.249. The van der Waals surface area contributed by atoms with E-state index in [4.69, 9.17) is 44.6 Å². The Kier molecular flexibility index (Phi) is 6.98. The number of nitrogens with zero attached hydrogens (tertiary/aromatic N) is 2. The molecule has 9 heteroatoms.